The number of carbonyl (C=O) groups excluding carboxylic acids is 1. The van der Waals surface area contributed by atoms with E-state index in [1.54, 1.807) is 19.1 Å². The van der Waals surface area contributed by atoms with Gasteiger partial charge in [-0.2, -0.15) is 0 Å². The van der Waals surface area contributed by atoms with E-state index in [4.69, 9.17) is 10.5 Å². The number of hydrogen-bond donors (Lipinski definition) is 1. The van der Waals surface area contributed by atoms with Crippen LogP contribution >= 0.6 is 0 Å². The Morgan fingerprint density at radius 2 is 2.11 bits per heavy atom. The second-order valence-corrected chi connectivity index (χ2v) is 5.10. The van der Waals surface area contributed by atoms with E-state index in [1.807, 2.05) is 13.8 Å². The fourth-order valence-electron chi connectivity index (χ4n) is 2.01. The van der Waals surface area contributed by atoms with E-state index in [-0.39, 0.29) is 11.9 Å². The average molecular weight is 264 g/mol. The van der Waals surface area contributed by atoms with Crippen LogP contribution in [0.1, 0.15) is 16.7 Å². The molecular weight excluding hydrogens is 240 g/mol. The topological polar surface area (TPSA) is 55.6 Å². The van der Waals surface area contributed by atoms with Gasteiger partial charge in [0.1, 0.15) is 0 Å². The minimum absolute atomic E-state index is 0.0836. The Hall–Kier alpha value is -1.39. The molecule has 2 N–H and O–H groups in total. The molecule has 0 radical (unpaired) electrons. The molecule has 0 saturated heterocycles. The number of benzene rings is 1. The SMILES string of the molecule is COCC(N)CN(C)C(=O)Cc1cc(C)ccc1C. The van der Waals surface area contributed by atoms with Crippen LogP contribution in [0.15, 0.2) is 18.2 Å². The van der Waals surface area contributed by atoms with Crippen LogP contribution in [0.3, 0.4) is 0 Å². The first-order chi connectivity index (χ1) is 8.93. The lowest BCUT2D eigenvalue weighted by molar-refractivity contribution is -0.129. The van der Waals surface area contributed by atoms with Gasteiger partial charge in [0.15, 0.2) is 0 Å². The molecule has 0 bridgehead atoms. The van der Waals surface area contributed by atoms with Crippen molar-refractivity contribution in [3.05, 3.63) is 34.9 Å². The average Bonchev–Trinajstić information content (AvgIpc) is 2.34. The summed E-state index contributed by atoms with van der Waals surface area (Å²) in [5.74, 6) is 0.0836. The van der Waals surface area contributed by atoms with Crippen LogP contribution in [0.25, 0.3) is 0 Å². The van der Waals surface area contributed by atoms with Crippen molar-refractivity contribution in [2.45, 2.75) is 26.3 Å². The van der Waals surface area contributed by atoms with Crippen molar-refractivity contribution in [3.63, 3.8) is 0 Å². The summed E-state index contributed by atoms with van der Waals surface area (Å²) in [6, 6.07) is 6.03. The van der Waals surface area contributed by atoms with Gasteiger partial charge in [-0.3, -0.25) is 4.79 Å². The predicted octanol–water partition coefficient (Wildman–Crippen LogP) is 1.28. The van der Waals surface area contributed by atoms with Gasteiger partial charge in [0, 0.05) is 26.7 Å². The Kier molecular flexibility index (Phi) is 5.99. The summed E-state index contributed by atoms with van der Waals surface area (Å²) in [6.45, 7) is 5.03. The standard InChI is InChI=1S/C15H24N2O2/c1-11-5-6-12(2)13(7-11)8-15(18)17(3)9-14(16)10-19-4/h5-7,14H,8-10,16H2,1-4H3. The number of carbonyl (C=O) groups is 1. The fourth-order valence-corrected chi connectivity index (χ4v) is 2.01. The largest absolute Gasteiger partial charge is 0.383 e. The minimum Gasteiger partial charge on any atom is -0.383 e. The summed E-state index contributed by atoms with van der Waals surface area (Å²) in [5, 5.41) is 0. The second-order valence-electron chi connectivity index (χ2n) is 5.10. The maximum Gasteiger partial charge on any atom is 0.226 e. The molecule has 106 valence electrons. The Morgan fingerprint density at radius 1 is 1.42 bits per heavy atom. The summed E-state index contributed by atoms with van der Waals surface area (Å²) >= 11 is 0. The predicted molar refractivity (Wildman–Crippen MR) is 77.1 cm³/mol. The number of methoxy groups -OCH3 is 1. The van der Waals surface area contributed by atoms with E-state index < -0.39 is 0 Å². The first-order valence-electron chi connectivity index (χ1n) is 6.48. The summed E-state index contributed by atoms with van der Waals surface area (Å²) < 4.78 is 4.97. The van der Waals surface area contributed by atoms with E-state index in [0.717, 1.165) is 11.1 Å². The van der Waals surface area contributed by atoms with E-state index in [2.05, 4.69) is 18.2 Å². The lowest BCUT2D eigenvalue weighted by Crippen LogP contribution is -2.41. The molecule has 1 atom stereocenters. The molecule has 0 saturated carbocycles. The molecule has 0 spiro atoms. The molecule has 0 aliphatic heterocycles. The van der Waals surface area contributed by atoms with Gasteiger partial charge in [0.25, 0.3) is 0 Å². The number of ether oxygens (including phenoxy) is 1. The van der Waals surface area contributed by atoms with Gasteiger partial charge >= 0.3 is 0 Å². The van der Waals surface area contributed by atoms with Crippen LogP contribution in [-0.4, -0.2) is 44.2 Å². The van der Waals surface area contributed by atoms with Gasteiger partial charge in [-0.05, 0) is 25.0 Å². The van der Waals surface area contributed by atoms with Gasteiger partial charge in [0.2, 0.25) is 5.91 Å². The molecule has 1 unspecified atom stereocenters. The van der Waals surface area contributed by atoms with Crippen LogP contribution in [0.5, 0.6) is 0 Å². The molecule has 0 fully saturated rings. The number of nitrogens with two attached hydrogens (primary N) is 1. The molecule has 4 nitrogen and oxygen atoms in total. The van der Waals surface area contributed by atoms with Gasteiger partial charge in [-0.15, -0.1) is 0 Å². The van der Waals surface area contributed by atoms with Crippen LogP contribution in [0, 0.1) is 13.8 Å². The van der Waals surface area contributed by atoms with Gasteiger partial charge in [-0.1, -0.05) is 23.8 Å². The number of amides is 1. The maximum atomic E-state index is 12.1. The van der Waals surface area contributed by atoms with Gasteiger partial charge < -0.3 is 15.4 Å². The number of likely N-dealkylation sites (N-methyl/N-ethyl adjacent to an activating group) is 1. The number of nitrogens with zero attached hydrogens (tertiary/aromatic N) is 1. The van der Waals surface area contributed by atoms with Crippen molar-refractivity contribution in [1.29, 1.82) is 0 Å². The van der Waals surface area contributed by atoms with Crippen molar-refractivity contribution in [1.82, 2.24) is 4.90 Å². The van der Waals surface area contributed by atoms with Crippen molar-refractivity contribution in [2.75, 3.05) is 27.3 Å². The highest BCUT2D eigenvalue weighted by Gasteiger charge is 2.14. The molecule has 1 aromatic carbocycles. The highest BCUT2D eigenvalue weighted by Crippen LogP contribution is 2.12. The highest BCUT2D eigenvalue weighted by molar-refractivity contribution is 5.79. The first-order valence-corrected chi connectivity index (χ1v) is 6.48. The monoisotopic (exact) mass is 264 g/mol. The van der Waals surface area contributed by atoms with Crippen molar-refractivity contribution in [3.8, 4) is 0 Å². The van der Waals surface area contributed by atoms with E-state index in [1.165, 1.54) is 5.56 Å². The third-order valence-corrected chi connectivity index (χ3v) is 3.16. The van der Waals surface area contributed by atoms with Crippen LogP contribution < -0.4 is 5.73 Å². The molecule has 4 heteroatoms. The minimum atomic E-state index is -0.141. The van der Waals surface area contributed by atoms with Crippen molar-refractivity contribution >= 4 is 5.91 Å². The molecule has 0 aliphatic carbocycles. The van der Waals surface area contributed by atoms with E-state index in [0.29, 0.717) is 19.6 Å². The Bertz CT molecular complexity index is 432. The molecule has 1 aromatic rings. The zero-order chi connectivity index (χ0) is 14.4. The lowest BCUT2D eigenvalue weighted by atomic mass is 10.0. The van der Waals surface area contributed by atoms with Gasteiger partial charge in [-0.25, -0.2) is 0 Å². The highest BCUT2D eigenvalue weighted by atomic mass is 16.5. The number of hydrogen-bond acceptors (Lipinski definition) is 3. The van der Waals surface area contributed by atoms with Crippen LogP contribution in [0.2, 0.25) is 0 Å². The maximum absolute atomic E-state index is 12.1. The summed E-state index contributed by atoms with van der Waals surface area (Å²) in [4.78, 5) is 13.8. The number of rotatable bonds is 6. The zero-order valence-electron chi connectivity index (χ0n) is 12.3. The third-order valence-electron chi connectivity index (χ3n) is 3.16. The van der Waals surface area contributed by atoms with Crippen LogP contribution in [0.4, 0.5) is 0 Å². The Balaban J connectivity index is 2.61. The van der Waals surface area contributed by atoms with Gasteiger partial charge in [0.05, 0.1) is 13.0 Å². The normalized spacial score (nSPS) is 12.3. The summed E-state index contributed by atoms with van der Waals surface area (Å²) in [7, 11) is 3.39. The Morgan fingerprint density at radius 3 is 2.74 bits per heavy atom. The van der Waals surface area contributed by atoms with E-state index >= 15 is 0 Å². The molecule has 0 heterocycles. The quantitative estimate of drug-likeness (QED) is 0.842. The lowest BCUT2D eigenvalue weighted by Gasteiger charge is -2.21. The smallest absolute Gasteiger partial charge is 0.226 e. The third kappa shape index (κ3) is 5.01. The van der Waals surface area contributed by atoms with Crippen molar-refractivity contribution < 1.29 is 9.53 Å². The van der Waals surface area contributed by atoms with Crippen molar-refractivity contribution in [2.24, 2.45) is 5.73 Å². The summed E-state index contributed by atoms with van der Waals surface area (Å²) in [5.41, 5.74) is 9.25. The number of aryl methyl sites for hydroxylation is 2. The fraction of sp³-hybridized carbons (Fsp3) is 0.533. The molecule has 1 amide bonds. The second kappa shape index (κ2) is 7.26. The zero-order valence-corrected chi connectivity index (χ0v) is 12.3. The molecule has 0 aliphatic rings. The van der Waals surface area contributed by atoms with Crippen LogP contribution in [-0.2, 0) is 16.0 Å². The Labute approximate surface area is 115 Å². The van der Waals surface area contributed by atoms with E-state index in [9.17, 15) is 4.79 Å². The molecular formula is C15H24N2O2. The summed E-state index contributed by atoms with van der Waals surface area (Å²) in [6.07, 6.45) is 0.420. The molecule has 19 heavy (non-hydrogen) atoms. The molecule has 0 aromatic heterocycles. The first kappa shape index (κ1) is 15.7. The molecule has 1 rings (SSSR count).